The molecule has 1 aromatic heterocycles. The second-order valence-electron chi connectivity index (χ2n) is 4.29. The van der Waals surface area contributed by atoms with Gasteiger partial charge in [-0.1, -0.05) is 12.1 Å². The molecular weight excluding hydrogens is 360 g/mol. The highest BCUT2D eigenvalue weighted by Crippen LogP contribution is 2.29. The normalized spacial score (nSPS) is 13.2. The van der Waals surface area contributed by atoms with Crippen LogP contribution < -0.4 is 10.0 Å². The van der Waals surface area contributed by atoms with Crippen LogP contribution in [0.15, 0.2) is 44.4 Å². The van der Waals surface area contributed by atoms with E-state index in [2.05, 4.69) is 26.0 Å². The maximum Gasteiger partial charge on any atom is 0.272 e. The first-order valence-electron chi connectivity index (χ1n) is 5.97. The molecule has 2 aromatic rings. The highest BCUT2D eigenvalue weighted by atomic mass is 79.9. The van der Waals surface area contributed by atoms with E-state index in [0.29, 0.717) is 10.2 Å². The van der Waals surface area contributed by atoms with Crippen molar-refractivity contribution in [3.63, 3.8) is 0 Å². The van der Waals surface area contributed by atoms with Gasteiger partial charge >= 0.3 is 0 Å². The molecule has 0 amide bonds. The molecule has 0 saturated heterocycles. The number of hydrogen-bond acceptors (Lipinski definition) is 4. The molecule has 108 valence electrons. The Bertz CT molecular complexity index is 681. The lowest BCUT2D eigenvalue weighted by molar-refractivity contribution is 0.603. The van der Waals surface area contributed by atoms with E-state index in [4.69, 9.17) is 0 Å². The molecule has 2 N–H and O–H groups in total. The third kappa shape index (κ3) is 3.41. The first-order valence-corrected chi connectivity index (χ1v) is 9.12. The Morgan fingerprint density at radius 2 is 1.85 bits per heavy atom. The molecule has 0 saturated carbocycles. The van der Waals surface area contributed by atoms with Gasteiger partial charge in [-0.05, 0) is 59.0 Å². The predicted molar refractivity (Wildman–Crippen MR) is 86.7 cm³/mol. The van der Waals surface area contributed by atoms with Crippen LogP contribution in [0.4, 0.5) is 5.69 Å². The average molecular weight is 375 g/mol. The summed E-state index contributed by atoms with van der Waals surface area (Å²) >= 11 is 4.42. The van der Waals surface area contributed by atoms with Crippen molar-refractivity contribution in [3.05, 3.63) is 45.7 Å². The van der Waals surface area contributed by atoms with Crippen LogP contribution in [-0.4, -0.2) is 15.5 Å². The lowest BCUT2D eigenvalue weighted by Crippen LogP contribution is -2.13. The standard InChI is InChI=1S/C13H15BrN2O2S2/c1-9(15-2)10-3-5-11(6-4-10)16-20(17,18)13-12(14)7-8-19-13/h3-9,15-16H,1-2H3. The molecule has 1 unspecified atom stereocenters. The molecule has 4 nitrogen and oxygen atoms in total. The fourth-order valence-corrected chi connectivity index (χ4v) is 5.08. The summed E-state index contributed by atoms with van der Waals surface area (Å²) in [6.45, 7) is 2.04. The highest BCUT2D eigenvalue weighted by molar-refractivity contribution is 9.10. The fraction of sp³-hybridized carbons (Fsp3) is 0.231. The zero-order chi connectivity index (χ0) is 14.8. The monoisotopic (exact) mass is 374 g/mol. The molecule has 1 aromatic carbocycles. The number of rotatable bonds is 5. The number of anilines is 1. The minimum absolute atomic E-state index is 0.229. The maximum atomic E-state index is 12.2. The molecule has 7 heteroatoms. The number of nitrogens with one attached hydrogen (secondary N) is 2. The van der Waals surface area contributed by atoms with Gasteiger partial charge in [0.1, 0.15) is 0 Å². The Morgan fingerprint density at radius 1 is 1.20 bits per heavy atom. The van der Waals surface area contributed by atoms with Gasteiger partial charge in [-0.25, -0.2) is 8.42 Å². The van der Waals surface area contributed by atoms with Crippen molar-refractivity contribution in [2.24, 2.45) is 0 Å². The molecule has 2 rings (SSSR count). The molecule has 0 fully saturated rings. The van der Waals surface area contributed by atoms with Crippen molar-refractivity contribution in [1.82, 2.24) is 5.32 Å². The molecule has 0 radical (unpaired) electrons. The first-order chi connectivity index (χ1) is 9.44. The van der Waals surface area contributed by atoms with Crippen molar-refractivity contribution in [3.8, 4) is 0 Å². The van der Waals surface area contributed by atoms with E-state index >= 15 is 0 Å². The molecule has 1 atom stereocenters. The largest absolute Gasteiger partial charge is 0.313 e. The topological polar surface area (TPSA) is 58.2 Å². The van der Waals surface area contributed by atoms with Gasteiger partial charge in [-0.3, -0.25) is 4.72 Å². The van der Waals surface area contributed by atoms with Gasteiger partial charge in [-0.2, -0.15) is 0 Å². The van der Waals surface area contributed by atoms with E-state index in [9.17, 15) is 8.42 Å². The number of halogens is 1. The van der Waals surface area contributed by atoms with Crippen molar-refractivity contribution in [1.29, 1.82) is 0 Å². The van der Waals surface area contributed by atoms with Crippen molar-refractivity contribution < 1.29 is 8.42 Å². The summed E-state index contributed by atoms with van der Waals surface area (Å²) in [7, 11) is -1.65. The molecule has 1 heterocycles. The van der Waals surface area contributed by atoms with Crippen molar-refractivity contribution in [2.75, 3.05) is 11.8 Å². The van der Waals surface area contributed by atoms with Crippen LogP contribution in [-0.2, 0) is 10.0 Å². The van der Waals surface area contributed by atoms with Crippen LogP contribution in [0.5, 0.6) is 0 Å². The van der Waals surface area contributed by atoms with Gasteiger partial charge in [0.25, 0.3) is 10.0 Å². The van der Waals surface area contributed by atoms with Crippen LogP contribution in [0.25, 0.3) is 0 Å². The van der Waals surface area contributed by atoms with Gasteiger partial charge in [0.05, 0.1) is 0 Å². The summed E-state index contributed by atoms with van der Waals surface area (Å²) < 4.78 is 27.9. The van der Waals surface area contributed by atoms with Crippen LogP contribution in [0.1, 0.15) is 18.5 Å². The van der Waals surface area contributed by atoms with Crippen molar-refractivity contribution in [2.45, 2.75) is 17.2 Å². The van der Waals surface area contributed by atoms with Gasteiger partial charge in [-0.15, -0.1) is 11.3 Å². The molecule has 0 aliphatic carbocycles. The van der Waals surface area contributed by atoms with Gasteiger partial charge in [0.2, 0.25) is 0 Å². The second kappa shape index (κ2) is 6.26. The molecule has 20 heavy (non-hydrogen) atoms. The Morgan fingerprint density at radius 3 is 2.35 bits per heavy atom. The Hall–Kier alpha value is -0.890. The number of hydrogen-bond donors (Lipinski definition) is 2. The smallest absolute Gasteiger partial charge is 0.272 e. The van der Waals surface area contributed by atoms with Crippen LogP contribution in [0.3, 0.4) is 0 Å². The van der Waals surface area contributed by atoms with E-state index < -0.39 is 10.0 Å². The molecular formula is C13H15BrN2O2S2. The summed E-state index contributed by atoms with van der Waals surface area (Å²) in [6, 6.07) is 9.29. The minimum atomic E-state index is -3.53. The number of sulfonamides is 1. The highest BCUT2D eigenvalue weighted by Gasteiger charge is 2.19. The maximum absolute atomic E-state index is 12.2. The van der Waals surface area contributed by atoms with E-state index in [-0.39, 0.29) is 10.3 Å². The lowest BCUT2D eigenvalue weighted by Gasteiger charge is -2.12. The molecule has 0 bridgehead atoms. The van der Waals surface area contributed by atoms with E-state index in [0.717, 1.165) is 5.56 Å². The third-order valence-electron chi connectivity index (χ3n) is 2.92. The summed E-state index contributed by atoms with van der Waals surface area (Å²) in [6.07, 6.45) is 0. The second-order valence-corrected chi connectivity index (χ2v) is 7.94. The van der Waals surface area contributed by atoms with E-state index in [1.54, 1.807) is 23.6 Å². The quantitative estimate of drug-likeness (QED) is 0.840. The minimum Gasteiger partial charge on any atom is -0.313 e. The Labute approximate surface area is 131 Å². The van der Waals surface area contributed by atoms with E-state index in [1.165, 1.54) is 11.3 Å². The van der Waals surface area contributed by atoms with Crippen LogP contribution >= 0.6 is 27.3 Å². The molecule has 0 spiro atoms. The molecule has 0 aliphatic heterocycles. The summed E-state index contributed by atoms with van der Waals surface area (Å²) in [4.78, 5) is 0. The summed E-state index contributed by atoms with van der Waals surface area (Å²) in [5, 5.41) is 4.87. The zero-order valence-corrected chi connectivity index (χ0v) is 14.3. The SMILES string of the molecule is CNC(C)c1ccc(NS(=O)(=O)c2sccc2Br)cc1. The summed E-state index contributed by atoms with van der Waals surface area (Å²) in [5.41, 5.74) is 1.66. The number of benzene rings is 1. The summed E-state index contributed by atoms with van der Waals surface area (Å²) in [5.74, 6) is 0. The molecule has 0 aliphatic rings. The van der Waals surface area contributed by atoms with Gasteiger partial charge in [0.15, 0.2) is 4.21 Å². The van der Waals surface area contributed by atoms with Crippen LogP contribution in [0, 0.1) is 0 Å². The first kappa shape index (κ1) is 15.5. The van der Waals surface area contributed by atoms with E-state index in [1.807, 2.05) is 26.1 Å². The number of thiophene rings is 1. The van der Waals surface area contributed by atoms with Gasteiger partial charge in [0, 0.05) is 16.2 Å². The Kier molecular flexibility index (Phi) is 4.85. The van der Waals surface area contributed by atoms with Crippen LogP contribution in [0.2, 0.25) is 0 Å². The van der Waals surface area contributed by atoms with Gasteiger partial charge < -0.3 is 5.32 Å². The third-order valence-corrected chi connectivity index (χ3v) is 6.98. The van der Waals surface area contributed by atoms with Crippen molar-refractivity contribution >= 4 is 43.0 Å². The fourth-order valence-electron chi connectivity index (χ4n) is 1.68. The average Bonchev–Trinajstić information content (AvgIpc) is 2.85. The Balaban J connectivity index is 2.20. The predicted octanol–water partition coefficient (Wildman–Crippen LogP) is 3.59. The lowest BCUT2D eigenvalue weighted by atomic mass is 10.1. The zero-order valence-electron chi connectivity index (χ0n) is 11.1.